The second kappa shape index (κ2) is 4.58. The van der Waals surface area contributed by atoms with Crippen molar-refractivity contribution in [2.75, 3.05) is 0 Å². The fraction of sp³-hybridized carbons (Fsp3) is 0. The fourth-order valence-electron chi connectivity index (χ4n) is 0.976. The summed E-state index contributed by atoms with van der Waals surface area (Å²) in [6, 6.07) is 5.34. The van der Waals surface area contributed by atoms with E-state index in [1.54, 1.807) is 6.07 Å². The Morgan fingerprint density at radius 3 is 2.62 bits per heavy atom. The molecule has 2 N–H and O–H groups in total. The highest BCUT2D eigenvalue weighted by Crippen LogP contribution is 2.16. The average molecular weight is 215 g/mol. The third-order valence-electron chi connectivity index (χ3n) is 1.65. The Morgan fingerprint density at radius 2 is 2.12 bits per heavy atom. The van der Waals surface area contributed by atoms with Gasteiger partial charge in [-0.3, -0.25) is 14.9 Å². The summed E-state index contributed by atoms with van der Waals surface area (Å²) >= 11 is 0. The summed E-state index contributed by atoms with van der Waals surface area (Å²) in [5.74, 6) is 3.58. The van der Waals surface area contributed by atoms with Gasteiger partial charge in [0, 0.05) is 23.6 Å². The number of amides is 1. The molecule has 0 aliphatic rings. The predicted octanol–water partition coefficient (Wildman–Crippen LogP) is 0.303. The van der Waals surface area contributed by atoms with Gasteiger partial charge in [0.2, 0.25) is 0 Å². The Morgan fingerprint density at radius 1 is 1.44 bits per heavy atom. The summed E-state index contributed by atoms with van der Waals surface area (Å²) in [7, 11) is 0. The normalized spacial score (nSPS) is 8.44. The fourth-order valence-corrected chi connectivity index (χ4v) is 0.976. The lowest BCUT2D eigenvalue weighted by atomic mass is 10.1. The van der Waals surface area contributed by atoms with Gasteiger partial charge in [-0.15, -0.1) is 0 Å². The third-order valence-corrected chi connectivity index (χ3v) is 1.65. The van der Waals surface area contributed by atoms with E-state index in [0.29, 0.717) is 0 Å². The number of nitriles is 1. The second-order valence-corrected chi connectivity index (χ2v) is 2.71. The molecule has 0 saturated heterocycles. The Bertz CT molecular complexity index is 561. The van der Waals surface area contributed by atoms with Crippen molar-refractivity contribution in [3.63, 3.8) is 0 Å². The topological polar surface area (TPSA) is 110 Å². The Hall–Kier alpha value is -2.86. The van der Waals surface area contributed by atoms with E-state index in [9.17, 15) is 14.9 Å². The van der Waals surface area contributed by atoms with Crippen molar-refractivity contribution >= 4 is 11.6 Å². The molecule has 1 aromatic rings. The van der Waals surface area contributed by atoms with Crippen LogP contribution in [0.25, 0.3) is 0 Å². The number of hydrogen-bond donors (Lipinski definition) is 1. The van der Waals surface area contributed by atoms with Gasteiger partial charge in [0.25, 0.3) is 11.6 Å². The number of nitrogens with two attached hydrogens (primary N) is 1. The van der Waals surface area contributed by atoms with Crippen LogP contribution in [0.4, 0.5) is 5.69 Å². The minimum atomic E-state index is -0.831. The molecule has 0 bridgehead atoms. The number of non-ortho nitro benzene ring substituents is 1. The predicted molar refractivity (Wildman–Crippen MR) is 53.9 cm³/mol. The Balaban J connectivity index is 3.25. The van der Waals surface area contributed by atoms with Crippen LogP contribution in [-0.2, 0) is 4.79 Å². The van der Waals surface area contributed by atoms with Gasteiger partial charge in [0.15, 0.2) is 0 Å². The molecule has 0 saturated carbocycles. The van der Waals surface area contributed by atoms with E-state index in [1.165, 1.54) is 12.1 Å². The molecular weight excluding hydrogens is 210 g/mol. The molecule has 0 aliphatic carbocycles. The molecule has 1 aromatic carbocycles. The summed E-state index contributed by atoms with van der Waals surface area (Å²) < 4.78 is 0. The number of primary amides is 1. The first-order chi connectivity index (χ1) is 7.54. The summed E-state index contributed by atoms with van der Waals surface area (Å²) in [6.07, 6.45) is 0. The summed E-state index contributed by atoms with van der Waals surface area (Å²) in [4.78, 5) is 20.2. The van der Waals surface area contributed by atoms with Crippen LogP contribution in [0.3, 0.4) is 0 Å². The van der Waals surface area contributed by atoms with Crippen molar-refractivity contribution in [3.8, 4) is 17.9 Å². The first kappa shape index (κ1) is 11.2. The Labute approximate surface area is 90.4 Å². The number of hydrogen-bond acceptors (Lipinski definition) is 4. The first-order valence-electron chi connectivity index (χ1n) is 4.04. The molecule has 0 spiro atoms. The van der Waals surface area contributed by atoms with Gasteiger partial charge in [-0.1, -0.05) is 5.92 Å². The number of nitro benzene ring substituents is 1. The zero-order valence-corrected chi connectivity index (χ0v) is 7.93. The molecule has 0 aromatic heterocycles. The maximum absolute atomic E-state index is 10.4. The number of nitrogens with zero attached hydrogens (tertiary/aromatic N) is 2. The lowest BCUT2D eigenvalue weighted by molar-refractivity contribution is -0.384. The van der Waals surface area contributed by atoms with E-state index in [2.05, 4.69) is 11.8 Å². The summed E-state index contributed by atoms with van der Waals surface area (Å²) in [5.41, 5.74) is 4.86. The van der Waals surface area contributed by atoms with E-state index in [1.807, 2.05) is 0 Å². The SMILES string of the molecule is N#Cc1cc([N+](=O)[O-])ccc1C#CC(N)=O. The van der Waals surface area contributed by atoms with Crippen molar-refractivity contribution in [1.29, 1.82) is 5.26 Å². The van der Waals surface area contributed by atoms with Crippen LogP contribution in [0.2, 0.25) is 0 Å². The highest BCUT2D eigenvalue weighted by molar-refractivity contribution is 5.92. The molecule has 0 aliphatic heterocycles. The van der Waals surface area contributed by atoms with Crippen molar-refractivity contribution < 1.29 is 9.72 Å². The molecule has 6 nitrogen and oxygen atoms in total. The number of carbonyl (C=O) groups is 1. The smallest absolute Gasteiger partial charge is 0.293 e. The van der Waals surface area contributed by atoms with E-state index >= 15 is 0 Å². The molecule has 0 atom stereocenters. The van der Waals surface area contributed by atoms with Crippen molar-refractivity contribution in [2.45, 2.75) is 0 Å². The molecule has 1 amide bonds. The van der Waals surface area contributed by atoms with Crippen molar-refractivity contribution in [1.82, 2.24) is 0 Å². The van der Waals surface area contributed by atoms with Gasteiger partial charge in [0.05, 0.1) is 10.5 Å². The highest BCUT2D eigenvalue weighted by atomic mass is 16.6. The average Bonchev–Trinajstić information content (AvgIpc) is 2.25. The molecule has 1 rings (SSSR count). The van der Waals surface area contributed by atoms with Gasteiger partial charge in [-0.25, -0.2) is 0 Å². The molecule has 0 unspecified atom stereocenters. The third kappa shape index (κ3) is 2.56. The number of nitro groups is 1. The minimum Gasteiger partial charge on any atom is -0.359 e. The maximum Gasteiger partial charge on any atom is 0.293 e. The van der Waals surface area contributed by atoms with Crippen LogP contribution in [0.1, 0.15) is 11.1 Å². The van der Waals surface area contributed by atoms with Crippen LogP contribution in [0.15, 0.2) is 18.2 Å². The van der Waals surface area contributed by atoms with E-state index < -0.39 is 10.8 Å². The number of carbonyl (C=O) groups excluding carboxylic acids is 1. The largest absolute Gasteiger partial charge is 0.359 e. The lowest BCUT2D eigenvalue weighted by Crippen LogP contribution is -2.06. The molecule has 78 valence electrons. The van der Waals surface area contributed by atoms with Crippen LogP contribution < -0.4 is 5.73 Å². The second-order valence-electron chi connectivity index (χ2n) is 2.71. The van der Waals surface area contributed by atoms with Crippen LogP contribution in [-0.4, -0.2) is 10.8 Å². The zero-order valence-electron chi connectivity index (χ0n) is 7.93. The summed E-state index contributed by atoms with van der Waals surface area (Å²) in [6.45, 7) is 0. The van der Waals surface area contributed by atoms with Gasteiger partial charge < -0.3 is 5.73 Å². The molecule has 0 heterocycles. The molecule has 0 radical (unpaired) electrons. The van der Waals surface area contributed by atoms with Crippen LogP contribution in [0, 0.1) is 33.3 Å². The van der Waals surface area contributed by atoms with E-state index in [4.69, 9.17) is 11.0 Å². The molecule has 6 heteroatoms. The number of rotatable bonds is 1. The number of benzene rings is 1. The van der Waals surface area contributed by atoms with Gasteiger partial charge in [-0.05, 0) is 6.07 Å². The molecule has 0 fully saturated rings. The quantitative estimate of drug-likeness (QED) is 0.412. The van der Waals surface area contributed by atoms with Crippen LogP contribution >= 0.6 is 0 Å². The molecular formula is C10H5N3O3. The van der Waals surface area contributed by atoms with Gasteiger partial charge in [-0.2, -0.15) is 5.26 Å². The van der Waals surface area contributed by atoms with Crippen molar-refractivity contribution in [3.05, 3.63) is 39.4 Å². The van der Waals surface area contributed by atoms with Gasteiger partial charge >= 0.3 is 0 Å². The van der Waals surface area contributed by atoms with Crippen molar-refractivity contribution in [2.24, 2.45) is 5.73 Å². The Kier molecular flexibility index (Phi) is 3.21. The van der Waals surface area contributed by atoms with Gasteiger partial charge in [0.1, 0.15) is 6.07 Å². The minimum absolute atomic E-state index is 0.0305. The van der Waals surface area contributed by atoms with Crippen LogP contribution in [0.5, 0.6) is 0 Å². The maximum atomic E-state index is 10.4. The molecule has 16 heavy (non-hydrogen) atoms. The van der Waals surface area contributed by atoms with E-state index in [0.717, 1.165) is 6.07 Å². The van der Waals surface area contributed by atoms with E-state index in [-0.39, 0.29) is 16.8 Å². The zero-order chi connectivity index (χ0) is 12.1. The highest BCUT2D eigenvalue weighted by Gasteiger charge is 2.09. The lowest BCUT2D eigenvalue weighted by Gasteiger charge is -1.95. The summed E-state index contributed by atoms with van der Waals surface area (Å²) in [5, 5.41) is 19.2. The first-order valence-corrected chi connectivity index (χ1v) is 4.04. The monoisotopic (exact) mass is 215 g/mol. The standard InChI is InChI=1S/C10H5N3O3/c11-6-8-5-9(13(15)16)3-1-7(8)2-4-10(12)14/h1,3,5H,(H2,12,14).